The average Bonchev–Trinajstić information content (AvgIpc) is 3.48. The molecule has 1 aliphatic heterocycles. The summed E-state index contributed by atoms with van der Waals surface area (Å²) in [5, 5.41) is 10.0. The van der Waals surface area contributed by atoms with Gasteiger partial charge in [0.2, 0.25) is 12.7 Å². The van der Waals surface area contributed by atoms with Crippen LogP contribution in [-0.2, 0) is 17.8 Å². The Labute approximate surface area is 172 Å². The number of ether oxygens (including phenoxy) is 2. The zero-order valence-corrected chi connectivity index (χ0v) is 16.1. The quantitative estimate of drug-likeness (QED) is 0.682. The van der Waals surface area contributed by atoms with Crippen molar-refractivity contribution in [2.45, 2.75) is 25.4 Å². The molecule has 5 rings (SSSR count). The monoisotopic (exact) mass is 404 g/mol. The maximum atomic E-state index is 12.5. The van der Waals surface area contributed by atoms with Gasteiger partial charge >= 0.3 is 0 Å². The molecule has 0 spiro atoms. The number of fused-ring (bicyclic) bond motifs is 2. The fraction of sp³-hybridized carbons (Fsp3) is 0.227. The largest absolute Gasteiger partial charge is 0.454 e. The molecule has 2 N–H and O–H groups in total. The van der Waals surface area contributed by atoms with Crippen molar-refractivity contribution in [3.05, 3.63) is 71.5 Å². The zero-order valence-electron chi connectivity index (χ0n) is 16.1. The summed E-state index contributed by atoms with van der Waals surface area (Å²) < 4.78 is 12.1. The first kappa shape index (κ1) is 18.2. The van der Waals surface area contributed by atoms with Crippen LogP contribution in [0.25, 0.3) is 0 Å². The van der Waals surface area contributed by atoms with Crippen molar-refractivity contribution in [2.24, 2.45) is 0 Å². The van der Waals surface area contributed by atoms with E-state index < -0.39 is 0 Å². The third-order valence-electron chi connectivity index (χ3n) is 5.30. The van der Waals surface area contributed by atoms with Gasteiger partial charge in [0.05, 0.1) is 17.9 Å². The molecule has 0 fully saturated rings. The fourth-order valence-electron chi connectivity index (χ4n) is 3.85. The molecule has 3 aromatic rings. The van der Waals surface area contributed by atoms with Crippen LogP contribution in [0.3, 0.4) is 0 Å². The number of aryl methyl sites for hydroxylation is 1. The van der Waals surface area contributed by atoms with Crippen molar-refractivity contribution < 1.29 is 19.1 Å². The van der Waals surface area contributed by atoms with Crippen molar-refractivity contribution in [1.82, 2.24) is 15.1 Å². The van der Waals surface area contributed by atoms with Gasteiger partial charge in [-0.15, -0.1) is 0 Å². The molecular formula is C22H20N4O4. The number of rotatable bonds is 5. The molecule has 1 atom stereocenters. The SMILES string of the molecule is O=C(Cn1cc(NC(=O)c2ccc3c(c2)OCO3)cn1)NC1CCc2ccccc21. The maximum Gasteiger partial charge on any atom is 0.255 e. The summed E-state index contributed by atoms with van der Waals surface area (Å²) in [6.07, 6.45) is 5.02. The van der Waals surface area contributed by atoms with Crippen LogP contribution in [0.4, 0.5) is 5.69 Å². The molecule has 2 heterocycles. The van der Waals surface area contributed by atoms with E-state index in [0.717, 1.165) is 12.8 Å². The summed E-state index contributed by atoms with van der Waals surface area (Å²) in [5.41, 5.74) is 3.43. The van der Waals surface area contributed by atoms with Gasteiger partial charge in [0.1, 0.15) is 6.54 Å². The van der Waals surface area contributed by atoms with E-state index in [0.29, 0.717) is 22.7 Å². The van der Waals surface area contributed by atoms with Gasteiger partial charge in [-0.05, 0) is 42.2 Å². The molecule has 2 aliphatic rings. The Bertz CT molecular complexity index is 1120. The first-order valence-corrected chi connectivity index (χ1v) is 9.76. The first-order valence-electron chi connectivity index (χ1n) is 9.76. The lowest BCUT2D eigenvalue weighted by Crippen LogP contribution is -2.30. The van der Waals surface area contributed by atoms with Crippen molar-refractivity contribution in [3.63, 3.8) is 0 Å². The molecule has 0 radical (unpaired) electrons. The highest BCUT2D eigenvalue weighted by atomic mass is 16.7. The second kappa shape index (κ2) is 7.55. The number of nitrogens with zero attached hydrogens (tertiary/aromatic N) is 2. The van der Waals surface area contributed by atoms with Gasteiger partial charge in [0.15, 0.2) is 11.5 Å². The number of anilines is 1. The summed E-state index contributed by atoms with van der Waals surface area (Å²) >= 11 is 0. The number of aromatic nitrogens is 2. The van der Waals surface area contributed by atoms with Crippen molar-refractivity contribution in [2.75, 3.05) is 12.1 Å². The van der Waals surface area contributed by atoms with Gasteiger partial charge < -0.3 is 20.1 Å². The molecule has 1 unspecified atom stereocenters. The van der Waals surface area contributed by atoms with Gasteiger partial charge in [-0.2, -0.15) is 5.10 Å². The molecule has 2 aromatic carbocycles. The van der Waals surface area contributed by atoms with Crippen LogP contribution in [0.2, 0.25) is 0 Å². The van der Waals surface area contributed by atoms with E-state index >= 15 is 0 Å². The molecule has 0 saturated carbocycles. The molecule has 30 heavy (non-hydrogen) atoms. The number of amides is 2. The smallest absolute Gasteiger partial charge is 0.255 e. The lowest BCUT2D eigenvalue weighted by atomic mass is 10.1. The number of carbonyl (C=O) groups is 2. The Balaban J connectivity index is 1.19. The van der Waals surface area contributed by atoms with Crippen LogP contribution in [0.5, 0.6) is 11.5 Å². The normalized spacial score (nSPS) is 16.2. The molecule has 2 amide bonds. The fourth-order valence-corrected chi connectivity index (χ4v) is 3.85. The third kappa shape index (κ3) is 3.59. The van der Waals surface area contributed by atoms with Gasteiger partial charge in [-0.1, -0.05) is 24.3 Å². The van der Waals surface area contributed by atoms with Crippen LogP contribution >= 0.6 is 0 Å². The van der Waals surface area contributed by atoms with Gasteiger partial charge in [0.25, 0.3) is 5.91 Å². The molecule has 8 nitrogen and oxygen atoms in total. The predicted molar refractivity (Wildman–Crippen MR) is 108 cm³/mol. The standard InChI is InChI=1S/C22H20N4O4/c27-21(25-18-7-5-14-3-1-2-4-17(14)18)12-26-11-16(10-23-26)24-22(28)15-6-8-19-20(9-15)30-13-29-19/h1-4,6,8-11,18H,5,7,12-13H2,(H,24,28)(H,25,27). The molecule has 0 bridgehead atoms. The topological polar surface area (TPSA) is 94.5 Å². The highest BCUT2D eigenvalue weighted by Gasteiger charge is 2.23. The van der Waals surface area contributed by atoms with E-state index in [9.17, 15) is 9.59 Å². The molecule has 1 aromatic heterocycles. The van der Waals surface area contributed by atoms with E-state index in [1.54, 1.807) is 24.4 Å². The van der Waals surface area contributed by atoms with Crippen molar-refractivity contribution >= 4 is 17.5 Å². The third-order valence-corrected chi connectivity index (χ3v) is 5.30. The molecular weight excluding hydrogens is 384 g/mol. The van der Waals surface area contributed by atoms with E-state index in [2.05, 4.69) is 27.9 Å². The van der Waals surface area contributed by atoms with Gasteiger partial charge in [0, 0.05) is 11.8 Å². The van der Waals surface area contributed by atoms with Crippen molar-refractivity contribution in [1.29, 1.82) is 0 Å². The van der Waals surface area contributed by atoms with E-state index in [1.807, 2.05) is 12.1 Å². The van der Waals surface area contributed by atoms with Crippen LogP contribution in [-0.4, -0.2) is 28.4 Å². The lowest BCUT2D eigenvalue weighted by Gasteiger charge is -2.14. The Morgan fingerprint density at radius 3 is 2.93 bits per heavy atom. The van der Waals surface area contributed by atoms with E-state index in [4.69, 9.17) is 9.47 Å². The Kier molecular flexibility index (Phi) is 4.59. The molecule has 0 saturated heterocycles. The first-order chi connectivity index (χ1) is 14.7. The highest BCUT2D eigenvalue weighted by molar-refractivity contribution is 6.04. The summed E-state index contributed by atoms with van der Waals surface area (Å²) in [6.45, 7) is 0.236. The molecule has 8 heteroatoms. The molecule has 1 aliphatic carbocycles. The second-order valence-corrected chi connectivity index (χ2v) is 7.31. The minimum Gasteiger partial charge on any atom is -0.454 e. The highest BCUT2D eigenvalue weighted by Crippen LogP contribution is 2.33. The summed E-state index contributed by atoms with van der Waals surface area (Å²) in [5.74, 6) is 0.757. The molecule has 152 valence electrons. The van der Waals surface area contributed by atoms with Crippen LogP contribution in [0.1, 0.15) is 33.9 Å². The maximum absolute atomic E-state index is 12.5. The number of carbonyl (C=O) groups excluding carboxylic acids is 2. The van der Waals surface area contributed by atoms with Crippen LogP contribution in [0.15, 0.2) is 54.9 Å². The summed E-state index contributed by atoms with van der Waals surface area (Å²) in [6, 6.07) is 13.2. The van der Waals surface area contributed by atoms with Crippen molar-refractivity contribution in [3.8, 4) is 11.5 Å². The number of hydrogen-bond donors (Lipinski definition) is 2. The minimum atomic E-state index is -0.292. The Hall–Kier alpha value is -3.81. The number of nitrogens with one attached hydrogen (secondary N) is 2. The number of hydrogen-bond acceptors (Lipinski definition) is 5. The predicted octanol–water partition coefficient (Wildman–Crippen LogP) is 2.67. The van der Waals surface area contributed by atoms with E-state index in [-0.39, 0.29) is 31.2 Å². The minimum absolute atomic E-state index is 0.0365. The number of benzene rings is 2. The van der Waals surface area contributed by atoms with Gasteiger partial charge in [-0.25, -0.2) is 0 Å². The summed E-state index contributed by atoms with van der Waals surface area (Å²) in [4.78, 5) is 24.9. The van der Waals surface area contributed by atoms with E-state index in [1.165, 1.54) is 22.0 Å². The van der Waals surface area contributed by atoms with Crippen LogP contribution in [0, 0.1) is 0 Å². The average molecular weight is 404 g/mol. The summed E-state index contributed by atoms with van der Waals surface area (Å²) in [7, 11) is 0. The second-order valence-electron chi connectivity index (χ2n) is 7.31. The van der Waals surface area contributed by atoms with Gasteiger partial charge in [-0.3, -0.25) is 14.3 Å². The zero-order chi connectivity index (χ0) is 20.5. The lowest BCUT2D eigenvalue weighted by molar-refractivity contribution is -0.122. The van der Waals surface area contributed by atoms with Crippen LogP contribution < -0.4 is 20.1 Å². The Morgan fingerprint density at radius 2 is 2.00 bits per heavy atom. The Morgan fingerprint density at radius 1 is 1.13 bits per heavy atom.